The van der Waals surface area contributed by atoms with Crippen molar-refractivity contribution in [1.82, 2.24) is 0 Å². The Morgan fingerprint density at radius 3 is 2.53 bits per heavy atom. The molecular formula is C15H15BrFNO. The van der Waals surface area contributed by atoms with E-state index in [9.17, 15) is 9.50 Å². The van der Waals surface area contributed by atoms with Crippen LogP contribution in [0.25, 0.3) is 0 Å². The van der Waals surface area contributed by atoms with E-state index in [1.807, 2.05) is 19.9 Å². The quantitative estimate of drug-likeness (QED) is 0.870. The fourth-order valence-electron chi connectivity index (χ4n) is 2.07. The van der Waals surface area contributed by atoms with Crippen LogP contribution in [0.5, 0.6) is 5.75 Å². The Bertz CT molecular complexity index is 570. The van der Waals surface area contributed by atoms with Crippen LogP contribution >= 0.6 is 15.9 Å². The summed E-state index contributed by atoms with van der Waals surface area (Å²) in [7, 11) is 0. The van der Waals surface area contributed by atoms with Gasteiger partial charge in [-0.3, -0.25) is 0 Å². The van der Waals surface area contributed by atoms with E-state index in [0.717, 1.165) is 21.8 Å². The molecule has 0 aromatic heterocycles. The van der Waals surface area contributed by atoms with Crippen LogP contribution in [-0.4, -0.2) is 5.11 Å². The Kier molecular flexibility index (Phi) is 4.10. The van der Waals surface area contributed by atoms with Crippen molar-refractivity contribution in [2.45, 2.75) is 20.4 Å². The zero-order valence-electron chi connectivity index (χ0n) is 10.8. The highest BCUT2D eigenvalue weighted by atomic mass is 79.9. The monoisotopic (exact) mass is 323 g/mol. The Balaban J connectivity index is 2.19. The van der Waals surface area contributed by atoms with Crippen molar-refractivity contribution in [1.29, 1.82) is 0 Å². The van der Waals surface area contributed by atoms with Gasteiger partial charge in [-0.1, -0.05) is 6.07 Å². The molecule has 100 valence electrons. The minimum atomic E-state index is -0.434. The number of aromatic hydroxyl groups is 1. The van der Waals surface area contributed by atoms with E-state index < -0.39 is 5.82 Å². The molecule has 2 N–H and O–H groups in total. The van der Waals surface area contributed by atoms with Gasteiger partial charge in [0.25, 0.3) is 0 Å². The number of rotatable bonds is 3. The lowest BCUT2D eigenvalue weighted by Gasteiger charge is -2.13. The zero-order valence-corrected chi connectivity index (χ0v) is 12.4. The Hall–Kier alpha value is -1.55. The first-order valence-electron chi connectivity index (χ1n) is 5.95. The van der Waals surface area contributed by atoms with Crippen molar-refractivity contribution in [3.05, 3.63) is 57.3 Å². The van der Waals surface area contributed by atoms with E-state index in [4.69, 9.17) is 0 Å². The fraction of sp³-hybridized carbons (Fsp3) is 0.200. The topological polar surface area (TPSA) is 32.3 Å². The van der Waals surface area contributed by atoms with Crippen LogP contribution in [0, 0.1) is 19.7 Å². The molecule has 0 aliphatic carbocycles. The lowest BCUT2D eigenvalue weighted by Crippen LogP contribution is -2.02. The van der Waals surface area contributed by atoms with Gasteiger partial charge in [0.1, 0.15) is 11.6 Å². The molecule has 0 saturated carbocycles. The molecule has 2 aromatic rings. The van der Waals surface area contributed by atoms with Gasteiger partial charge in [-0.2, -0.15) is 0 Å². The first-order valence-corrected chi connectivity index (χ1v) is 6.74. The van der Waals surface area contributed by atoms with E-state index in [1.165, 1.54) is 11.6 Å². The van der Waals surface area contributed by atoms with Crippen molar-refractivity contribution in [3.63, 3.8) is 0 Å². The third kappa shape index (κ3) is 3.47. The molecule has 0 radical (unpaired) electrons. The van der Waals surface area contributed by atoms with Crippen molar-refractivity contribution < 1.29 is 9.50 Å². The summed E-state index contributed by atoms with van der Waals surface area (Å²) < 4.78 is 14.1. The van der Waals surface area contributed by atoms with Crippen LogP contribution in [0.2, 0.25) is 0 Å². The SMILES string of the molecule is Cc1cc(C)c(NCc2cc(O)cc(F)c2)c(Br)c1. The third-order valence-electron chi connectivity index (χ3n) is 2.84. The molecule has 2 rings (SSSR count). The standard InChI is InChI=1S/C15H15BrFNO/c1-9-3-10(2)15(14(16)4-9)18-8-11-5-12(17)7-13(19)6-11/h3-7,18-19H,8H2,1-2H3. The van der Waals surface area contributed by atoms with Gasteiger partial charge in [0.2, 0.25) is 0 Å². The smallest absolute Gasteiger partial charge is 0.127 e. The molecule has 0 spiro atoms. The van der Waals surface area contributed by atoms with E-state index in [-0.39, 0.29) is 5.75 Å². The van der Waals surface area contributed by atoms with Crippen LogP contribution < -0.4 is 5.32 Å². The molecule has 0 fully saturated rings. The second kappa shape index (κ2) is 5.61. The number of benzene rings is 2. The number of phenols is 1. The molecule has 0 amide bonds. The molecular weight excluding hydrogens is 309 g/mol. The number of hydrogen-bond donors (Lipinski definition) is 2. The van der Waals surface area contributed by atoms with Crippen molar-refractivity contribution in [2.24, 2.45) is 0 Å². The molecule has 19 heavy (non-hydrogen) atoms. The summed E-state index contributed by atoms with van der Waals surface area (Å²) in [6.45, 7) is 4.50. The summed E-state index contributed by atoms with van der Waals surface area (Å²) in [6.07, 6.45) is 0. The van der Waals surface area contributed by atoms with Crippen LogP contribution in [0.15, 0.2) is 34.8 Å². The molecule has 0 aliphatic heterocycles. The number of nitrogens with one attached hydrogen (secondary N) is 1. The summed E-state index contributed by atoms with van der Waals surface area (Å²) in [5, 5.41) is 12.6. The van der Waals surface area contributed by atoms with E-state index >= 15 is 0 Å². The highest BCUT2D eigenvalue weighted by Gasteiger charge is 2.06. The fourth-order valence-corrected chi connectivity index (χ4v) is 2.88. The maximum Gasteiger partial charge on any atom is 0.127 e. The second-order valence-corrected chi connectivity index (χ2v) is 5.46. The average molecular weight is 324 g/mol. The first-order chi connectivity index (χ1) is 8.95. The summed E-state index contributed by atoms with van der Waals surface area (Å²) in [4.78, 5) is 0. The molecule has 2 nitrogen and oxygen atoms in total. The third-order valence-corrected chi connectivity index (χ3v) is 3.47. The summed E-state index contributed by atoms with van der Waals surface area (Å²) >= 11 is 3.51. The minimum absolute atomic E-state index is 0.0588. The number of aryl methyl sites for hydroxylation is 2. The molecule has 0 heterocycles. The normalized spacial score (nSPS) is 10.5. The van der Waals surface area contributed by atoms with Gasteiger partial charge in [-0.05, 0) is 64.7 Å². The predicted octanol–water partition coefficient (Wildman–Crippen LogP) is 4.52. The predicted molar refractivity (Wildman–Crippen MR) is 79.0 cm³/mol. The van der Waals surface area contributed by atoms with Gasteiger partial charge < -0.3 is 10.4 Å². The first kappa shape index (κ1) is 13.9. The largest absolute Gasteiger partial charge is 0.508 e. The van der Waals surface area contributed by atoms with Gasteiger partial charge in [0, 0.05) is 17.1 Å². The van der Waals surface area contributed by atoms with Crippen LogP contribution in [0.3, 0.4) is 0 Å². The van der Waals surface area contributed by atoms with Gasteiger partial charge in [-0.25, -0.2) is 4.39 Å². The number of phenolic OH excluding ortho intramolecular Hbond substituents is 1. The lowest BCUT2D eigenvalue weighted by molar-refractivity contribution is 0.468. The molecule has 0 unspecified atom stereocenters. The van der Waals surface area contributed by atoms with Crippen molar-refractivity contribution in [2.75, 3.05) is 5.32 Å². The maximum absolute atomic E-state index is 13.2. The van der Waals surface area contributed by atoms with Crippen molar-refractivity contribution in [3.8, 4) is 5.75 Å². The molecule has 0 atom stereocenters. The lowest BCUT2D eigenvalue weighted by atomic mass is 10.1. The van der Waals surface area contributed by atoms with Crippen LogP contribution in [-0.2, 0) is 6.54 Å². The maximum atomic E-state index is 13.2. The summed E-state index contributed by atoms with van der Waals surface area (Å²) in [5.74, 6) is -0.493. The minimum Gasteiger partial charge on any atom is -0.508 e. The summed E-state index contributed by atoms with van der Waals surface area (Å²) in [6, 6.07) is 8.16. The highest BCUT2D eigenvalue weighted by molar-refractivity contribution is 9.10. The molecule has 0 aliphatic rings. The van der Waals surface area contributed by atoms with Gasteiger partial charge in [0.05, 0.1) is 5.69 Å². The molecule has 2 aromatic carbocycles. The van der Waals surface area contributed by atoms with E-state index in [2.05, 4.69) is 27.3 Å². The Morgan fingerprint density at radius 1 is 1.16 bits per heavy atom. The average Bonchev–Trinajstić information content (AvgIpc) is 2.25. The number of hydrogen-bond acceptors (Lipinski definition) is 2. The zero-order chi connectivity index (χ0) is 14.0. The summed E-state index contributed by atoms with van der Waals surface area (Å²) in [5.41, 5.74) is 3.98. The number of halogens is 2. The van der Waals surface area contributed by atoms with Gasteiger partial charge in [0.15, 0.2) is 0 Å². The number of anilines is 1. The van der Waals surface area contributed by atoms with Crippen LogP contribution in [0.1, 0.15) is 16.7 Å². The second-order valence-electron chi connectivity index (χ2n) is 4.61. The van der Waals surface area contributed by atoms with Crippen LogP contribution in [0.4, 0.5) is 10.1 Å². The van der Waals surface area contributed by atoms with Crippen molar-refractivity contribution >= 4 is 21.6 Å². The molecule has 0 bridgehead atoms. The molecule has 4 heteroatoms. The van der Waals surface area contributed by atoms with Gasteiger partial charge in [-0.15, -0.1) is 0 Å². The molecule has 0 saturated heterocycles. The van der Waals surface area contributed by atoms with Gasteiger partial charge >= 0.3 is 0 Å². The van der Waals surface area contributed by atoms with E-state index in [0.29, 0.717) is 12.1 Å². The van der Waals surface area contributed by atoms with E-state index in [1.54, 1.807) is 6.07 Å². The highest BCUT2D eigenvalue weighted by Crippen LogP contribution is 2.28. The Morgan fingerprint density at radius 2 is 1.89 bits per heavy atom. The Labute approximate surface area is 120 Å².